The number of ether oxygens (including phenoxy) is 3. The van der Waals surface area contributed by atoms with Crippen LogP contribution in [0, 0.1) is 5.82 Å². The fourth-order valence-corrected chi connectivity index (χ4v) is 4.75. The predicted octanol–water partition coefficient (Wildman–Crippen LogP) is 5.47. The molecular formula is C26H19BrFNO6. The lowest BCUT2D eigenvalue weighted by Crippen LogP contribution is -2.29. The maximum Gasteiger partial charge on any atom is 0.295 e. The number of rotatable bonds is 5. The number of amides is 1. The summed E-state index contributed by atoms with van der Waals surface area (Å²) in [7, 11) is 4.44. The molecule has 2 heterocycles. The molecular weight excluding hydrogens is 521 g/mol. The highest BCUT2D eigenvalue weighted by Gasteiger charge is 2.44. The van der Waals surface area contributed by atoms with E-state index in [0.717, 1.165) is 0 Å². The Balaban J connectivity index is 1.84. The Labute approximate surface area is 207 Å². The minimum Gasteiger partial charge on any atom is -0.493 e. The molecule has 0 N–H and O–H groups in total. The monoisotopic (exact) mass is 539 g/mol. The number of hydrogen-bond donors (Lipinski definition) is 0. The van der Waals surface area contributed by atoms with E-state index in [1.807, 2.05) is 0 Å². The Morgan fingerprint density at radius 2 is 1.57 bits per heavy atom. The zero-order valence-corrected chi connectivity index (χ0v) is 20.5. The lowest BCUT2D eigenvalue weighted by Gasteiger charge is -2.26. The molecule has 1 aliphatic rings. The maximum atomic E-state index is 13.8. The average molecular weight is 540 g/mol. The standard InChI is InChI=1S/C26H19BrFNO6/c1-32-19-10-13(11-20(33-2)24(19)34-3)22-21-23(30)17-12-14(27)4-9-18(17)35-25(21)26(31)29(22)16-7-5-15(28)6-8-16/h4-12,22H,1-3H3. The third-order valence-electron chi connectivity index (χ3n) is 5.94. The number of methoxy groups -OCH3 is 3. The third-order valence-corrected chi connectivity index (χ3v) is 6.43. The van der Waals surface area contributed by atoms with Crippen LogP contribution >= 0.6 is 15.9 Å². The molecule has 35 heavy (non-hydrogen) atoms. The number of carbonyl (C=O) groups excluding carboxylic acids is 1. The highest BCUT2D eigenvalue weighted by atomic mass is 79.9. The first-order valence-electron chi connectivity index (χ1n) is 10.5. The number of carbonyl (C=O) groups is 1. The Morgan fingerprint density at radius 3 is 2.17 bits per heavy atom. The quantitative estimate of drug-likeness (QED) is 0.334. The van der Waals surface area contributed by atoms with E-state index in [-0.39, 0.29) is 22.3 Å². The summed E-state index contributed by atoms with van der Waals surface area (Å²) < 4.78 is 36.8. The van der Waals surface area contributed by atoms with E-state index in [1.54, 1.807) is 30.3 Å². The Kier molecular flexibility index (Phi) is 5.72. The lowest BCUT2D eigenvalue weighted by atomic mass is 9.97. The van der Waals surface area contributed by atoms with E-state index < -0.39 is 17.8 Å². The van der Waals surface area contributed by atoms with Gasteiger partial charge in [-0.1, -0.05) is 15.9 Å². The van der Waals surface area contributed by atoms with Crippen LogP contribution < -0.4 is 24.5 Å². The van der Waals surface area contributed by atoms with Crippen molar-refractivity contribution >= 4 is 38.5 Å². The van der Waals surface area contributed by atoms with E-state index in [0.29, 0.717) is 38.4 Å². The molecule has 5 rings (SSSR count). The van der Waals surface area contributed by atoms with Crippen LogP contribution in [0.15, 0.2) is 68.3 Å². The number of hydrogen-bond acceptors (Lipinski definition) is 6. The number of nitrogens with zero attached hydrogens (tertiary/aromatic N) is 1. The van der Waals surface area contributed by atoms with Crippen LogP contribution in [0.4, 0.5) is 10.1 Å². The largest absolute Gasteiger partial charge is 0.493 e. The molecule has 178 valence electrons. The van der Waals surface area contributed by atoms with Crippen molar-refractivity contribution in [1.82, 2.24) is 0 Å². The van der Waals surface area contributed by atoms with Gasteiger partial charge in [0.15, 0.2) is 16.9 Å². The first-order valence-corrected chi connectivity index (χ1v) is 11.3. The minimum atomic E-state index is -0.892. The van der Waals surface area contributed by atoms with Gasteiger partial charge < -0.3 is 18.6 Å². The smallest absolute Gasteiger partial charge is 0.295 e. The number of fused-ring (bicyclic) bond motifs is 2. The van der Waals surface area contributed by atoms with Gasteiger partial charge in [0.1, 0.15) is 11.4 Å². The van der Waals surface area contributed by atoms with Crippen molar-refractivity contribution in [3.8, 4) is 17.2 Å². The SMILES string of the molecule is COc1cc(C2c3c(oc4ccc(Br)cc4c3=O)C(=O)N2c2ccc(F)cc2)cc(OC)c1OC. The van der Waals surface area contributed by atoms with Gasteiger partial charge in [0.2, 0.25) is 11.5 Å². The highest BCUT2D eigenvalue weighted by molar-refractivity contribution is 9.10. The molecule has 0 spiro atoms. The second-order valence-corrected chi connectivity index (χ2v) is 8.74. The summed E-state index contributed by atoms with van der Waals surface area (Å²) >= 11 is 3.39. The van der Waals surface area contributed by atoms with Crippen molar-refractivity contribution in [1.29, 1.82) is 0 Å². The molecule has 1 unspecified atom stereocenters. The van der Waals surface area contributed by atoms with E-state index >= 15 is 0 Å². The molecule has 1 atom stereocenters. The first kappa shape index (κ1) is 22.9. The summed E-state index contributed by atoms with van der Waals surface area (Å²) in [4.78, 5) is 28.8. The van der Waals surface area contributed by atoms with E-state index in [4.69, 9.17) is 18.6 Å². The lowest BCUT2D eigenvalue weighted by molar-refractivity contribution is 0.0971. The number of benzene rings is 3. The van der Waals surface area contributed by atoms with Crippen molar-refractivity contribution in [2.45, 2.75) is 6.04 Å². The van der Waals surface area contributed by atoms with Gasteiger partial charge in [0, 0.05) is 10.2 Å². The summed E-state index contributed by atoms with van der Waals surface area (Å²) in [5, 5.41) is 0.323. The third kappa shape index (κ3) is 3.63. The average Bonchev–Trinajstić information content (AvgIpc) is 3.16. The van der Waals surface area contributed by atoms with E-state index in [9.17, 15) is 14.0 Å². The zero-order valence-electron chi connectivity index (χ0n) is 18.9. The molecule has 1 aliphatic heterocycles. The normalized spacial score (nSPS) is 14.8. The maximum absolute atomic E-state index is 13.8. The number of halogens is 2. The van der Waals surface area contributed by atoms with Crippen molar-refractivity contribution in [3.05, 3.63) is 92.0 Å². The van der Waals surface area contributed by atoms with Crippen LogP contribution in [0.3, 0.4) is 0 Å². The first-order chi connectivity index (χ1) is 16.9. The van der Waals surface area contributed by atoms with Crippen LogP contribution in [-0.2, 0) is 0 Å². The van der Waals surface area contributed by atoms with Crippen LogP contribution in [0.1, 0.15) is 27.7 Å². The van der Waals surface area contributed by atoms with Gasteiger partial charge in [0.05, 0.1) is 38.3 Å². The minimum absolute atomic E-state index is 0.0760. The molecule has 1 amide bonds. The molecule has 4 aromatic rings. The van der Waals surface area contributed by atoms with Gasteiger partial charge in [-0.3, -0.25) is 14.5 Å². The fourth-order valence-electron chi connectivity index (χ4n) is 4.39. The van der Waals surface area contributed by atoms with Crippen molar-refractivity contribution in [3.63, 3.8) is 0 Å². The second kappa shape index (κ2) is 8.74. The fraction of sp³-hybridized carbons (Fsp3) is 0.154. The molecule has 0 fully saturated rings. The molecule has 1 aromatic heterocycles. The van der Waals surface area contributed by atoms with Crippen molar-refractivity contribution in [2.75, 3.05) is 26.2 Å². The predicted molar refractivity (Wildman–Crippen MR) is 131 cm³/mol. The van der Waals surface area contributed by atoms with Crippen molar-refractivity contribution in [2.24, 2.45) is 0 Å². The van der Waals surface area contributed by atoms with Gasteiger partial charge >= 0.3 is 0 Å². The van der Waals surface area contributed by atoms with Crippen molar-refractivity contribution < 1.29 is 27.8 Å². The zero-order chi connectivity index (χ0) is 24.9. The molecule has 0 saturated heterocycles. The summed E-state index contributed by atoms with van der Waals surface area (Å²) in [6, 6.07) is 12.9. The summed E-state index contributed by atoms with van der Waals surface area (Å²) in [6.45, 7) is 0. The molecule has 0 aliphatic carbocycles. The molecule has 0 radical (unpaired) electrons. The molecule has 9 heteroatoms. The van der Waals surface area contributed by atoms with E-state index in [2.05, 4.69) is 15.9 Å². The van der Waals surface area contributed by atoms with Gasteiger partial charge in [-0.2, -0.15) is 0 Å². The summed E-state index contributed by atoms with van der Waals surface area (Å²) in [5.74, 6) is 0.0303. The highest BCUT2D eigenvalue weighted by Crippen LogP contribution is 2.46. The summed E-state index contributed by atoms with van der Waals surface area (Å²) in [6.07, 6.45) is 0. The summed E-state index contributed by atoms with van der Waals surface area (Å²) in [5.41, 5.74) is 1.03. The van der Waals surface area contributed by atoms with E-state index in [1.165, 1.54) is 50.5 Å². The Bertz CT molecular complexity index is 1510. The van der Waals surface area contributed by atoms with Crippen LogP contribution in [0.25, 0.3) is 11.0 Å². The van der Waals surface area contributed by atoms with Crippen LogP contribution in [0.2, 0.25) is 0 Å². The molecule has 7 nitrogen and oxygen atoms in total. The Hall–Kier alpha value is -3.85. The van der Waals surface area contributed by atoms with Crippen LogP contribution in [0.5, 0.6) is 17.2 Å². The second-order valence-electron chi connectivity index (χ2n) is 7.83. The van der Waals surface area contributed by atoms with Gasteiger partial charge in [-0.05, 0) is 60.2 Å². The number of anilines is 1. The molecule has 3 aromatic carbocycles. The van der Waals surface area contributed by atoms with Gasteiger partial charge in [-0.15, -0.1) is 0 Å². The van der Waals surface area contributed by atoms with Gasteiger partial charge in [-0.25, -0.2) is 4.39 Å². The Morgan fingerprint density at radius 1 is 0.914 bits per heavy atom. The molecule has 0 bridgehead atoms. The molecule has 0 saturated carbocycles. The van der Waals surface area contributed by atoms with Crippen LogP contribution in [-0.4, -0.2) is 27.2 Å². The van der Waals surface area contributed by atoms with Gasteiger partial charge in [0.25, 0.3) is 5.91 Å². The topological polar surface area (TPSA) is 78.2 Å².